The maximum Gasteiger partial charge on any atom is 0.191 e. The molecule has 1 fully saturated rings. The third kappa shape index (κ3) is 9.04. The third-order valence-electron chi connectivity index (χ3n) is 4.92. The molecule has 158 valence electrons. The van der Waals surface area contributed by atoms with Gasteiger partial charge in [-0.1, -0.05) is 38.1 Å². The largest absolute Gasteiger partial charge is 0.381 e. The van der Waals surface area contributed by atoms with Gasteiger partial charge in [0.25, 0.3) is 0 Å². The minimum Gasteiger partial charge on any atom is -0.381 e. The molecule has 1 heterocycles. The fraction of sp³-hybridized carbons (Fsp3) is 0.682. The van der Waals surface area contributed by atoms with Gasteiger partial charge in [-0.15, -0.1) is 0 Å². The van der Waals surface area contributed by atoms with Crippen LogP contribution in [0, 0.1) is 5.92 Å². The molecule has 0 aliphatic carbocycles. The Morgan fingerprint density at radius 2 is 1.75 bits per heavy atom. The second kappa shape index (κ2) is 12.8. The third-order valence-corrected chi connectivity index (χ3v) is 4.92. The standard InChI is InChI=1S/C22H39N5O/c1-19(2)18-28-15-5-10-24-22(23-3)25-16-20-6-8-21(9-7-20)17-27-13-11-26(4)12-14-27/h6-9,19H,5,10-18H2,1-4H3,(H2,23,24,25). The number of piperazine rings is 1. The number of benzene rings is 1. The first-order chi connectivity index (χ1) is 13.6. The van der Waals surface area contributed by atoms with Crippen LogP contribution in [0.3, 0.4) is 0 Å². The van der Waals surface area contributed by atoms with Crippen LogP contribution in [-0.4, -0.2) is 75.8 Å². The summed E-state index contributed by atoms with van der Waals surface area (Å²) in [6.07, 6.45) is 0.981. The molecule has 0 unspecified atom stereocenters. The maximum atomic E-state index is 5.60. The quantitative estimate of drug-likeness (QED) is 0.365. The Hall–Kier alpha value is -1.63. The van der Waals surface area contributed by atoms with E-state index in [4.69, 9.17) is 4.74 Å². The molecule has 1 aromatic rings. The second-order valence-corrected chi connectivity index (χ2v) is 8.07. The summed E-state index contributed by atoms with van der Waals surface area (Å²) in [6, 6.07) is 8.92. The molecule has 0 atom stereocenters. The van der Waals surface area contributed by atoms with Crippen molar-refractivity contribution in [1.82, 2.24) is 20.4 Å². The molecule has 0 aromatic heterocycles. The Bertz CT molecular complexity index is 565. The summed E-state index contributed by atoms with van der Waals surface area (Å²) < 4.78 is 5.60. The van der Waals surface area contributed by atoms with E-state index in [1.54, 1.807) is 0 Å². The molecule has 0 bridgehead atoms. The van der Waals surface area contributed by atoms with Gasteiger partial charge in [-0.2, -0.15) is 0 Å². The van der Waals surface area contributed by atoms with Crippen molar-refractivity contribution < 1.29 is 4.74 Å². The van der Waals surface area contributed by atoms with Gasteiger partial charge >= 0.3 is 0 Å². The number of hydrogen-bond donors (Lipinski definition) is 2. The van der Waals surface area contributed by atoms with Crippen LogP contribution < -0.4 is 10.6 Å². The van der Waals surface area contributed by atoms with Gasteiger partial charge in [0, 0.05) is 66.1 Å². The van der Waals surface area contributed by atoms with Crippen LogP contribution in [-0.2, 0) is 17.8 Å². The van der Waals surface area contributed by atoms with Crippen LogP contribution in [0.1, 0.15) is 31.4 Å². The summed E-state index contributed by atoms with van der Waals surface area (Å²) in [7, 11) is 4.01. The lowest BCUT2D eigenvalue weighted by Crippen LogP contribution is -2.43. The summed E-state index contributed by atoms with van der Waals surface area (Å²) in [5.41, 5.74) is 2.66. The number of nitrogens with one attached hydrogen (secondary N) is 2. The number of aliphatic imine (C=N–C) groups is 1. The lowest BCUT2D eigenvalue weighted by molar-refractivity contribution is 0.108. The van der Waals surface area contributed by atoms with E-state index in [-0.39, 0.29) is 0 Å². The molecule has 2 N–H and O–H groups in total. The fourth-order valence-electron chi connectivity index (χ4n) is 3.13. The van der Waals surface area contributed by atoms with Crippen LogP contribution in [0.5, 0.6) is 0 Å². The molecule has 1 aromatic carbocycles. The number of nitrogens with zero attached hydrogens (tertiary/aromatic N) is 3. The van der Waals surface area contributed by atoms with Gasteiger partial charge in [0.1, 0.15) is 0 Å². The zero-order valence-corrected chi connectivity index (χ0v) is 18.2. The van der Waals surface area contributed by atoms with E-state index in [9.17, 15) is 0 Å². The highest BCUT2D eigenvalue weighted by Gasteiger charge is 2.13. The molecule has 0 saturated carbocycles. The van der Waals surface area contributed by atoms with Crippen molar-refractivity contribution in [2.24, 2.45) is 10.9 Å². The van der Waals surface area contributed by atoms with Crippen molar-refractivity contribution in [2.75, 3.05) is 60.0 Å². The van der Waals surface area contributed by atoms with Gasteiger partial charge in [-0.05, 0) is 30.5 Å². The predicted octanol–water partition coefficient (Wildman–Crippen LogP) is 2.16. The van der Waals surface area contributed by atoms with E-state index in [1.807, 2.05) is 7.05 Å². The van der Waals surface area contributed by atoms with E-state index in [1.165, 1.54) is 11.1 Å². The Balaban J connectivity index is 1.64. The highest BCUT2D eigenvalue weighted by atomic mass is 16.5. The topological polar surface area (TPSA) is 52.1 Å². The minimum atomic E-state index is 0.593. The summed E-state index contributed by atoms with van der Waals surface area (Å²) in [5, 5.41) is 6.73. The number of hydrogen-bond acceptors (Lipinski definition) is 4. The van der Waals surface area contributed by atoms with Gasteiger partial charge in [-0.3, -0.25) is 9.89 Å². The van der Waals surface area contributed by atoms with Crippen molar-refractivity contribution in [3.63, 3.8) is 0 Å². The highest BCUT2D eigenvalue weighted by molar-refractivity contribution is 5.79. The van der Waals surface area contributed by atoms with Crippen LogP contribution in [0.25, 0.3) is 0 Å². The molecular formula is C22H39N5O. The lowest BCUT2D eigenvalue weighted by Gasteiger charge is -2.32. The Kier molecular flexibility index (Phi) is 10.3. The summed E-state index contributed by atoms with van der Waals surface area (Å²) in [5.74, 6) is 1.43. The molecule has 6 nitrogen and oxygen atoms in total. The van der Waals surface area contributed by atoms with E-state index < -0.39 is 0 Å². The maximum absolute atomic E-state index is 5.60. The number of rotatable bonds is 10. The molecule has 1 aliphatic heterocycles. The van der Waals surface area contributed by atoms with Gasteiger partial charge in [0.15, 0.2) is 5.96 Å². The van der Waals surface area contributed by atoms with E-state index in [0.717, 1.165) is 71.4 Å². The molecule has 1 aliphatic rings. The second-order valence-electron chi connectivity index (χ2n) is 8.07. The smallest absolute Gasteiger partial charge is 0.191 e. The Morgan fingerprint density at radius 1 is 1.07 bits per heavy atom. The van der Waals surface area contributed by atoms with Crippen LogP contribution in [0.2, 0.25) is 0 Å². The van der Waals surface area contributed by atoms with Crippen molar-refractivity contribution in [1.29, 1.82) is 0 Å². The first-order valence-electron chi connectivity index (χ1n) is 10.6. The summed E-state index contributed by atoms with van der Waals surface area (Å²) in [6.45, 7) is 13.3. The summed E-state index contributed by atoms with van der Waals surface area (Å²) in [4.78, 5) is 9.22. The van der Waals surface area contributed by atoms with Gasteiger partial charge in [0.05, 0.1) is 0 Å². The average Bonchev–Trinajstić information content (AvgIpc) is 2.69. The first-order valence-corrected chi connectivity index (χ1v) is 10.6. The van der Waals surface area contributed by atoms with Crippen molar-refractivity contribution in [3.8, 4) is 0 Å². The van der Waals surface area contributed by atoms with Gasteiger partial charge in [0.2, 0.25) is 0 Å². The fourth-order valence-corrected chi connectivity index (χ4v) is 3.13. The van der Waals surface area contributed by atoms with Gasteiger partial charge < -0.3 is 20.3 Å². The van der Waals surface area contributed by atoms with Crippen molar-refractivity contribution in [2.45, 2.75) is 33.4 Å². The van der Waals surface area contributed by atoms with Crippen molar-refractivity contribution >= 4 is 5.96 Å². The summed E-state index contributed by atoms with van der Waals surface area (Å²) >= 11 is 0. The lowest BCUT2D eigenvalue weighted by atomic mass is 10.1. The zero-order valence-electron chi connectivity index (χ0n) is 18.2. The first kappa shape index (κ1) is 22.7. The normalized spacial score (nSPS) is 16.5. The molecule has 0 amide bonds. The SMILES string of the molecule is CN=C(NCCCOCC(C)C)NCc1ccc(CN2CCN(C)CC2)cc1. The van der Waals surface area contributed by atoms with E-state index in [2.05, 4.69) is 70.6 Å². The number of likely N-dealkylation sites (N-methyl/N-ethyl adjacent to an activating group) is 1. The highest BCUT2D eigenvalue weighted by Crippen LogP contribution is 2.09. The molecule has 28 heavy (non-hydrogen) atoms. The Morgan fingerprint density at radius 3 is 2.39 bits per heavy atom. The van der Waals surface area contributed by atoms with Crippen LogP contribution in [0.4, 0.5) is 0 Å². The minimum absolute atomic E-state index is 0.593. The predicted molar refractivity (Wildman–Crippen MR) is 118 cm³/mol. The van der Waals surface area contributed by atoms with E-state index >= 15 is 0 Å². The molecule has 0 spiro atoms. The molecule has 6 heteroatoms. The number of guanidine groups is 1. The number of ether oxygens (including phenoxy) is 1. The monoisotopic (exact) mass is 389 g/mol. The molecule has 1 saturated heterocycles. The Labute approximate surface area is 171 Å². The van der Waals surface area contributed by atoms with Crippen LogP contribution in [0.15, 0.2) is 29.3 Å². The van der Waals surface area contributed by atoms with Gasteiger partial charge in [-0.25, -0.2) is 0 Å². The average molecular weight is 390 g/mol. The molecular weight excluding hydrogens is 350 g/mol. The molecule has 2 rings (SSSR count). The molecule has 0 radical (unpaired) electrons. The van der Waals surface area contributed by atoms with Crippen LogP contribution >= 0.6 is 0 Å². The zero-order chi connectivity index (χ0) is 20.2. The van der Waals surface area contributed by atoms with Crippen molar-refractivity contribution in [3.05, 3.63) is 35.4 Å². The van der Waals surface area contributed by atoms with E-state index in [0.29, 0.717) is 5.92 Å².